The minimum absolute atomic E-state index is 0.0699. The number of nitrogens with two attached hydrogens (primary N) is 3. The van der Waals surface area contributed by atoms with E-state index in [9.17, 15) is 14.4 Å². The number of methoxy groups -OCH3 is 2. The van der Waals surface area contributed by atoms with E-state index in [1.165, 1.54) is 20.3 Å². The van der Waals surface area contributed by atoms with Crippen LogP contribution < -0.4 is 37.3 Å². The summed E-state index contributed by atoms with van der Waals surface area (Å²) in [6, 6.07) is 12.4. The highest BCUT2D eigenvalue weighted by molar-refractivity contribution is 5.96. The van der Waals surface area contributed by atoms with Crippen LogP contribution in [0.5, 0.6) is 11.5 Å². The van der Waals surface area contributed by atoms with Gasteiger partial charge in [0.05, 0.1) is 14.2 Å². The van der Waals surface area contributed by atoms with Gasteiger partial charge in [-0.2, -0.15) is 0 Å². The normalized spacial score (nSPS) is 12.3. The van der Waals surface area contributed by atoms with Crippen LogP contribution in [0, 0.1) is 0 Å². The maximum atomic E-state index is 13.1. The predicted molar refractivity (Wildman–Crippen MR) is 142 cm³/mol. The number of carbonyl (C=O) groups is 3. The molecule has 11 nitrogen and oxygen atoms in total. The summed E-state index contributed by atoms with van der Waals surface area (Å²) in [5, 5.41) is 5.33. The Bertz CT molecular complexity index is 1120. The van der Waals surface area contributed by atoms with Gasteiger partial charge in [-0.05, 0) is 42.2 Å². The summed E-state index contributed by atoms with van der Waals surface area (Å²) < 4.78 is 10.5. The van der Waals surface area contributed by atoms with E-state index in [1.807, 2.05) is 30.3 Å². The first-order valence-electron chi connectivity index (χ1n) is 11.6. The molecule has 0 fully saturated rings. The standard InChI is InChI=1S/C26H34N6O5/c1-36-21-12-10-18(16-22(21)37-2)11-13-23(33)31-19(9-6-14-30-26(28)29)25(35)32-20(24(27)34)15-17-7-4-3-5-8-17/h3-5,7-8,10-13,16,19-20H,6,9,14-15H2,1-2H3,(H2,27,34)(H,31,33)(H,32,35)(H4,28,29,30)/b13-11+/t19-,20-/m0/s1. The molecular weight excluding hydrogens is 476 g/mol. The minimum Gasteiger partial charge on any atom is -0.493 e. The van der Waals surface area contributed by atoms with E-state index in [2.05, 4.69) is 15.6 Å². The number of hydrogen-bond donors (Lipinski definition) is 5. The van der Waals surface area contributed by atoms with Crippen LogP contribution >= 0.6 is 0 Å². The number of amides is 3. The molecule has 0 aliphatic rings. The number of nitrogens with one attached hydrogen (secondary N) is 2. The number of nitrogens with zero attached hydrogens (tertiary/aromatic N) is 1. The molecule has 0 aliphatic heterocycles. The lowest BCUT2D eigenvalue weighted by Crippen LogP contribution is -2.53. The molecule has 0 saturated carbocycles. The summed E-state index contributed by atoms with van der Waals surface area (Å²) in [5.41, 5.74) is 17.8. The Morgan fingerprint density at radius 3 is 2.27 bits per heavy atom. The van der Waals surface area contributed by atoms with E-state index in [1.54, 1.807) is 24.3 Å². The van der Waals surface area contributed by atoms with Gasteiger partial charge in [0.25, 0.3) is 0 Å². The molecule has 2 atom stereocenters. The number of benzene rings is 2. The smallest absolute Gasteiger partial charge is 0.244 e. The van der Waals surface area contributed by atoms with Crippen LogP contribution in [0.2, 0.25) is 0 Å². The van der Waals surface area contributed by atoms with Crippen molar-refractivity contribution >= 4 is 29.8 Å². The van der Waals surface area contributed by atoms with Crippen molar-refractivity contribution in [2.24, 2.45) is 22.2 Å². The Kier molecular flexibility index (Phi) is 11.5. The first-order chi connectivity index (χ1) is 17.7. The van der Waals surface area contributed by atoms with Gasteiger partial charge in [0.15, 0.2) is 17.5 Å². The molecule has 0 radical (unpaired) electrons. The van der Waals surface area contributed by atoms with Crippen LogP contribution in [0.15, 0.2) is 59.6 Å². The number of hydrogen-bond acceptors (Lipinski definition) is 6. The highest BCUT2D eigenvalue weighted by Crippen LogP contribution is 2.27. The lowest BCUT2D eigenvalue weighted by atomic mass is 10.0. The summed E-state index contributed by atoms with van der Waals surface area (Å²) >= 11 is 0. The second-order valence-corrected chi connectivity index (χ2v) is 8.11. The van der Waals surface area contributed by atoms with Gasteiger partial charge >= 0.3 is 0 Å². The van der Waals surface area contributed by atoms with Gasteiger partial charge in [-0.3, -0.25) is 19.4 Å². The molecular formula is C26H34N6O5. The number of rotatable bonds is 14. The molecule has 0 aromatic heterocycles. The lowest BCUT2D eigenvalue weighted by molar-refractivity contribution is -0.130. The molecule has 0 saturated heterocycles. The van der Waals surface area contributed by atoms with Crippen molar-refractivity contribution in [1.82, 2.24) is 10.6 Å². The van der Waals surface area contributed by atoms with Gasteiger partial charge in [0.2, 0.25) is 17.7 Å². The number of primary amides is 1. The van der Waals surface area contributed by atoms with E-state index in [0.29, 0.717) is 23.5 Å². The molecule has 0 unspecified atom stereocenters. The van der Waals surface area contributed by atoms with Crippen LogP contribution in [-0.4, -0.2) is 56.5 Å². The Morgan fingerprint density at radius 1 is 0.946 bits per heavy atom. The van der Waals surface area contributed by atoms with Crippen molar-refractivity contribution in [3.8, 4) is 11.5 Å². The Morgan fingerprint density at radius 2 is 1.65 bits per heavy atom. The van der Waals surface area contributed by atoms with Gasteiger partial charge < -0.3 is 37.3 Å². The molecule has 2 rings (SSSR count). The highest BCUT2D eigenvalue weighted by atomic mass is 16.5. The van der Waals surface area contributed by atoms with Gasteiger partial charge in [-0.1, -0.05) is 36.4 Å². The van der Waals surface area contributed by atoms with E-state index in [0.717, 1.165) is 5.56 Å². The minimum atomic E-state index is -0.950. The zero-order valence-corrected chi connectivity index (χ0v) is 21.0. The lowest BCUT2D eigenvalue weighted by Gasteiger charge is -2.21. The van der Waals surface area contributed by atoms with Crippen LogP contribution in [0.25, 0.3) is 6.08 Å². The SMILES string of the molecule is COc1ccc(/C=C/C(=O)N[C@@H](CCCN=C(N)N)C(=O)N[C@@H](Cc2ccccc2)C(N)=O)cc1OC. The third-order valence-corrected chi connectivity index (χ3v) is 5.36. The van der Waals surface area contributed by atoms with E-state index in [-0.39, 0.29) is 25.3 Å². The largest absolute Gasteiger partial charge is 0.493 e. The molecule has 198 valence electrons. The Labute approximate surface area is 216 Å². The zero-order valence-electron chi connectivity index (χ0n) is 21.0. The van der Waals surface area contributed by atoms with Gasteiger partial charge in [0.1, 0.15) is 12.1 Å². The number of carbonyl (C=O) groups excluding carboxylic acids is 3. The van der Waals surface area contributed by atoms with E-state index in [4.69, 9.17) is 26.7 Å². The van der Waals surface area contributed by atoms with Crippen molar-refractivity contribution in [1.29, 1.82) is 0 Å². The molecule has 8 N–H and O–H groups in total. The fourth-order valence-corrected chi connectivity index (χ4v) is 3.47. The number of aliphatic imine (C=N–C) groups is 1. The molecule has 0 heterocycles. The topological polar surface area (TPSA) is 184 Å². The van der Waals surface area contributed by atoms with E-state index >= 15 is 0 Å². The number of ether oxygens (including phenoxy) is 2. The van der Waals surface area contributed by atoms with Crippen LogP contribution in [0.1, 0.15) is 24.0 Å². The predicted octanol–water partition coefficient (Wildman–Crippen LogP) is 0.468. The Balaban J connectivity index is 2.12. The molecule has 0 aliphatic carbocycles. The monoisotopic (exact) mass is 510 g/mol. The second kappa shape index (κ2) is 14.8. The van der Waals surface area contributed by atoms with Crippen molar-refractivity contribution in [3.63, 3.8) is 0 Å². The summed E-state index contributed by atoms with van der Waals surface area (Å²) in [7, 11) is 3.04. The fourth-order valence-electron chi connectivity index (χ4n) is 3.47. The molecule has 2 aromatic rings. The molecule has 0 spiro atoms. The average Bonchev–Trinajstić information content (AvgIpc) is 2.88. The highest BCUT2D eigenvalue weighted by Gasteiger charge is 2.25. The summed E-state index contributed by atoms with van der Waals surface area (Å²) in [6.07, 6.45) is 3.74. The van der Waals surface area contributed by atoms with Crippen LogP contribution in [-0.2, 0) is 20.8 Å². The molecule has 11 heteroatoms. The second-order valence-electron chi connectivity index (χ2n) is 8.11. The first-order valence-corrected chi connectivity index (χ1v) is 11.6. The van der Waals surface area contributed by atoms with Crippen molar-refractivity contribution in [3.05, 3.63) is 65.7 Å². The first kappa shape index (κ1) is 28.7. The van der Waals surface area contributed by atoms with Gasteiger partial charge in [-0.15, -0.1) is 0 Å². The number of guanidine groups is 1. The molecule has 3 amide bonds. The summed E-state index contributed by atoms with van der Waals surface area (Å²) in [5.74, 6) is -0.734. The fraction of sp³-hybridized carbons (Fsp3) is 0.308. The molecule has 0 bridgehead atoms. The average molecular weight is 511 g/mol. The van der Waals surface area contributed by atoms with Crippen LogP contribution in [0.4, 0.5) is 0 Å². The van der Waals surface area contributed by atoms with E-state index < -0.39 is 29.8 Å². The van der Waals surface area contributed by atoms with Gasteiger partial charge in [0, 0.05) is 19.0 Å². The van der Waals surface area contributed by atoms with Crippen molar-refractivity contribution in [2.45, 2.75) is 31.3 Å². The van der Waals surface area contributed by atoms with Gasteiger partial charge in [-0.25, -0.2) is 0 Å². The summed E-state index contributed by atoms with van der Waals surface area (Å²) in [4.78, 5) is 41.7. The van der Waals surface area contributed by atoms with Crippen molar-refractivity contribution < 1.29 is 23.9 Å². The maximum Gasteiger partial charge on any atom is 0.244 e. The maximum absolute atomic E-state index is 13.1. The summed E-state index contributed by atoms with van der Waals surface area (Å²) in [6.45, 7) is 0.271. The molecule has 2 aromatic carbocycles. The molecule has 37 heavy (non-hydrogen) atoms. The zero-order chi connectivity index (χ0) is 27.2. The third-order valence-electron chi connectivity index (χ3n) is 5.36. The van der Waals surface area contributed by atoms with Crippen LogP contribution in [0.3, 0.4) is 0 Å². The van der Waals surface area contributed by atoms with Crippen molar-refractivity contribution in [2.75, 3.05) is 20.8 Å². The Hall–Kier alpha value is -4.54. The quantitative estimate of drug-likeness (QED) is 0.106. The third kappa shape index (κ3) is 9.92.